The SMILES string of the molecule is CCCNC(=O)C(C)N(Cc1ccc(C)cc1)C(=O)CN(c1ccc(OCC)cc1)S(=O)(=O)c1ccccc1. The summed E-state index contributed by atoms with van der Waals surface area (Å²) in [5.74, 6) is -0.203. The number of amides is 2. The molecular weight excluding hydrogens is 514 g/mol. The molecule has 0 spiro atoms. The summed E-state index contributed by atoms with van der Waals surface area (Å²) in [6, 6.07) is 21.4. The summed E-state index contributed by atoms with van der Waals surface area (Å²) < 4.78 is 34.2. The van der Waals surface area contributed by atoms with Crippen LogP contribution >= 0.6 is 0 Å². The molecule has 3 aromatic rings. The maximum atomic E-state index is 13.9. The molecule has 0 bridgehead atoms. The number of anilines is 1. The molecular formula is C30H37N3O5S. The van der Waals surface area contributed by atoms with Crippen LogP contribution in [0.15, 0.2) is 83.8 Å². The summed E-state index contributed by atoms with van der Waals surface area (Å²) >= 11 is 0. The van der Waals surface area contributed by atoms with Crippen molar-refractivity contribution in [2.24, 2.45) is 0 Å². The molecule has 2 amide bonds. The topological polar surface area (TPSA) is 96.0 Å². The van der Waals surface area contributed by atoms with E-state index >= 15 is 0 Å². The minimum Gasteiger partial charge on any atom is -0.494 e. The summed E-state index contributed by atoms with van der Waals surface area (Å²) in [7, 11) is -4.10. The number of ether oxygens (including phenoxy) is 1. The van der Waals surface area contributed by atoms with Crippen molar-refractivity contribution in [3.8, 4) is 5.75 Å². The predicted octanol–water partition coefficient (Wildman–Crippen LogP) is 4.53. The summed E-state index contributed by atoms with van der Waals surface area (Å²) in [4.78, 5) is 28.3. The van der Waals surface area contributed by atoms with Crippen LogP contribution in [-0.4, -0.2) is 50.9 Å². The third kappa shape index (κ3) is 7.83. The Morgan fingerprint density at radius 3 is 2.15 bits per heavy atom. The largest absolute Gasteiger partial charge is 0.494 e. The zero-order valence-corrected chi connectivity index (χ0v) is 23.8. The standard InChI is InChI=1S/C30H37N3O5S/c1-5-20-31-30(35)24(4)32(21-25-14-12-23(3)13-15-25)29(34)22-33(26-16-18-27(19-17-26)38-6-2)39(36,37)28-10-8-7-9-11-28/h7-19,24H,5-6,20-22H2,1-4H3,(H,31,35). The van der Waals surface area contributed by atoms with Crippen LogP contribution in [0.2, 0.25) is 0 Å². The minimum absolute atomic E-state index is 0.0607. The van der Waals surface area contributed by atoms with E-state index in [0.29, 0.717) is 24.6 Å². The quantitative estimate of drug-likeness (QED) is 0.337. The third-order valence-corrected chi connectivity index (χ3v) is 8.02. The van der Waals surface area contributed by atoms with Crippen molar-refractivity contribution in [1.82, 2.24) is 10.2 Å². The van der Waals surface area contributed by atoms with E-state index in [-0.39, 0.29) is 17.3 Å². The minimum atomic E-state index is -4.10. The first-order valence-corrected chi connectivity index (χ1v) is 14.5. The van der Waals surface area contributed by atoms with Crippen molar-refractivity contribution in [3.05, 3.63) is 90.0 Å². The van der Waals surface area contributed by atoms with Gasteiger partial charge in [-0.3, -0.25) is 13.9 Å². The van der Waals surface area contributed by atoms with E-state index in [1.54, 1.807) is 49.4 Å². The first-order valence-electron chi connectivity index (χ1n) is 13.1. The van der Waals surface area contributed by atoms with Gasteiger partial charge in [0.05, 0.1) is 17.2 Å². The van der Waals surface area contributed by atoms with Gasteiger partial charge in [-0.15, -0.1) is 0 Å². The van der Waals surface area contributed by atoms with Crippen LogP contribution in [0.25, 0.3) is 0 Å². The van der Waals surface area contributed by atoms with E-state index in [9.17, 15) is 18.0 Å². The molecule has 0 radical (unpaired) electrons. The Morgan fingerprint density at radius 2 is 1.56 bits per heavy atom. The lowest BCUT2D eigenvalue weighted by Crippen LogP contribution is -2.51. The maximum absolute atomic E-state index is 13.9. The molecule has 1 atom stereocenters. The average Bonchev–Trinajstić information content (AvgIpc) is 2.95. The van der Waals surface area contributed by atoms with Gasteiger partial charge in [-0.05, 0) is 69.2 Å². The molecule has 39 heavy (non-hydrogen) atoms. The lowest BCUT2D eigenvalue weighted by molar-refractivity contribution is -0.139. The van der Waals surface area contributed by atoms with Crippen LogP contribution < -0.4 is 14.4 Å². The number of nitrogens with zero attached hydrogens (tertiary/aromatic N) is 2. The number of hydrogen-bond acceptors (Lipinski definition) is 5. The van der Waals surface area contributed by atoms with E-state index in [1.165, 1.54) is 17.0 Å². The van der Waals surface area contributed by atoms with Crippen molar-refractivity contribution in [1.29, 1.82) is 0 Å². The maximum Gasteiger partial charge on any atom is 0.264 e. The molecule has 1 N–H and O–H groups in total. The summed E-state index contributed by atoms with van der Waals surface area (Å²) in [5.41, 5.74) is 2.22. The van der Waals surface area contributed by atoms with Gasteiger partial charge in [0.25, 0.3) is 10.0 Å². The Morgan fingerprint density at radius 1 is 0.923 bits per heavy atom. The van der Waals surface area contributed by atoms with Crippen molar-refractivity contribution in [2.45, 2.75) is 51.6 Å². The van der Waals surface area contributed by atoms with Crippen molar-refractivity contribution in [3.63, 3.8) is 0 Å². The molecule has 0 saturated heterocycles. The Hall–Kier alpha value is -3.85. The molecule has 0 aliphatic heterocycles. The molecule has 8 nitrogen and oxygen atoms in total. The number of carbonyl (C=O) groups excluding carboxylic acids is 2. The highest BCUT2D eigenvalue weighted by atomic mass is 32.2. The van der Waals surface area contributed by atoms with Crippen LogP contribution in [0.3, 0.4) is 0 Å². The molecule has 3 rings (SSSR count). The highest BCUT2D eigenvalue weighted by Crippen LogP contribution is 2.26. The average molecular weight is 552 g/mol. The van der Waals surface area contributed by atoms with Gasteiger partial charge in [-0.2, -0.15) is 0 Å². The van der Waals surface area contributed by atoms with Crippen molar-refractivity contribution < 1.29 is 22.7 Å². The third-order valence-electron chi connectivity index (χ3n) is 6.24. The van der Waals surface area contributed by atoms with Gasteiger partial charge in [-0.25, -0.2) is 8.42 Å². The van der Waals surface area contributed by atoms with Gasteiger partial charge in [0.1, 0.15) is 18.3 Å². The molecule has 9 heteroatoms. The lowest BCUT2D eigenvalue weighted by atomic mass is 10.1. The Balaban J connectivity index is 2.00. The van der Waals surface area contributed by atoms with Crippen LogP contribution in [-0.2, 0) is 26.2 Å². The molecule has 0 aliphatic rings. The van der Waals surface area contributed by atoms with Gasteiger partial charge in [0.15, 0.2) is 0 Å². The zero-order chi connectivity index (χ0) is 28.4. The summed E-state index contributed by atoms with van der Waals surface area (Å²) in [6.07, 6.45) is 0.755. The Bertz CT molecular complexity index is 1330. The Kier molecular flexibility index (Phi) is 10.5. The van der Waals surface area contributed by atoms with Gasteiger partial charge in [0.2, 0.25) is 11.8 Å². The highest BCUT2D eigenvalue weighted by molar-refractivity contribution is 7.92. The Labute approximate surface area is 231 Å². The number of carbonyl (C=O) groups is 2. The van der Waals surface area contributed by atoms with E-state index < -0.39 is 28.5 Å². The van der Waals surface area contributed by atoms with Crippen molar-refractivity contribution >= 4 is 27.5 Å². The molecule has 0 fully saturated rings. The van der Waals surface area contributed by atoms with Crippen LogP contribution in [0.1, 0.15) is 38.3 Å². The first-order chi connectivity index (χ1) is 18.7. The van der Waals surface area contributed by atoms with Gasteiger partial charge in [-0.1, -0.05) is 55.0 Å². The number of benzene rings is 3. The number of rotatable bonds is 13. The zero-order valence-electron chi connectivity index (χ0n) is 23.0. The number of sulfonamides is 1. The van der Waals surface area contributed by atoms with Crippen LogP contribution in [0.5, 0.6) is 5.75 Å². The second-order valence-corrected chi connectivity index (χ2v) is 11.1. The fourth-order valence-electron chi connectivity index (χ4n) is 3.99. The second-order valence-electron chi connectivity index (χ2n) is 9.23. The highest BCUT2D eigenvalue weighted by Gasteiger charge is 2.32. The molecule has 3 aromatic carbocycles. The molecule has 0 aliphatic carbocycles. The second kappa shape index (κ2) is 13.8. The van der Waals surface area contributed by atoms with Gasteiger partial charge < -0.3 is 15.0 Å². The molecule has 1 unspecified atom stereocenters. The van der Waals surface area contributed by atoms with E-state index in [0.717, 1.165) is 21.9 Å². The summed E-state index contributed by atoms with van der Waals surface area (Å²) in [5, 5.41) is 2.84. The monoisotopic (exact) mass is 551 g/mol. The number of hydrogen-bond donors (Lipinski definition) is 1. The van der Waals surface area contributed by atoms with Gasteiger partial charge in [0, 0.05) is 13.1 Å². The number of nitrogens with one attached hydrogen (secondary N) is 1. The first kappa shape index (κ1) is 29.7. The molecule has 0 saturated carbocycles. The van der Waals surface area contributed by atoms with Crippen LogP contribution in [0.4, 0.5) is 5.69 Å². The summed E-state index contributed by atoms with van der Waals surface area (Å²) in [6.45, 7) is 8.06. The fraction of sp³-hybridized carbons (Fsp3) is 0.333. The van der Waals surface area contributed by atoms with Gasteiger partial charge >= 0.3 is 0 Å². The predicted molar refractivity (Wildman–Crippen MR) is 153 cm³/mol. The molecule has 0 aromatic heterocycles. The lowest BCUT2D eigenvalue weighted by Gasteiger charge is -2.32. The number of aryl methyl sites for hydroxylation is 1. The smallest absolute Gasteiger partial charge is 0.264 e. The molecule has 208 valence electrons. The fourth-order valence-corrected chi connectivity index (χ4v) is 5.43. The van der Waals surface area contributed by atoms with Crippen molar-refractivity contribution in [2.75, 3.05) is 24.0 Å². The van der Waals surface area contributed by atoms with E-state index in [1.807, 2.05) is 45.0 Å². The van der Waals surface area contributed by atoms with E-state index in [4.69, 9.17) is 4.74 Å². The normalized spacial score (nSPS) is 11.9. The van der Waals surface area contributed by atoms with Crippen LogP contribution in [0, 0.1) is 6.92 Å². The van der Waals surface area contributed by atoms with E-state index in [2.05, 4.69) is 5.32 Å². The molecule has 0 heterocycles.